The van der Waals surface area contributed by atoms with Crippen LogP contribution in [0.4, 0.5) is 0 Å². The van der Waals surface area contributed by atoms with E-state index < -0.39 is 0 Å². The lowest BCUT2D eigenvalue weighted by Crippen LogP contribution is -2.04. The minimum Gasteiger partial charge on any atom is -0.309 e. The van der Waals surface area contributed by atoms with Crippen molar-refractivity contribution in [1.29, 1.82) is 0 Å². The second kappa shape index (κ2) is 37.0. The molecule has 0 N–H and O–H groups in total. The fraction of sp³-hybridized carbons (Fsp3) is 0. The molecule has 12 heterocycles. The van der Waals surface area contributed by atoms with E-state index in [4.69, 9.17) is 39.9 Å². The van der Waals surface area contributed by atoms with Crippen LogP contribution in [-0.4, -0.2) is 67.3 Å². The Labute approximate surface area is 862 Å². The Balaban J connectivity index is 0.000000108. The minimum atomic E-state index is 0.638. The number of pyridine rings is 4. The molecule has 30 aromatic rings. The molecular weight excluding hydrogens is 1830 g/mol. The molecule has 30 rings (SSSR count). The molecule has 0 aliphatic carbocycles. The summed E-state index contributed by atoms with van der Waals surface area (Å²) >= 11 is 0. The molecule has 0 atom stereocenters. The molecule has 0 aliphatic rings. The molecular formula is C136H88N14. The molecule has 0 unspecified atom stereocenters. The fourth-order valence-electron chi connectivity index (χ4n) is 22.4. The molecule has 14 nitrogen and oxygen atoms in total. The quantitative estimate of drug-likeness (QED) is 0.0991. The first-order valence-corrected chi connectivity index (χ1v) is 50.5. The maximum Gasteiger partial charge on any atom is 0.235 e. The molecule has 150 heavy (non-hydrogen) atoms. The number of hydrogen-bond donors (Lipinski definition) is 0. The maximum absolute atomic E-state index is 5.22. The zero-order valence-corrected chi connectivity index (χ0v) is 81.1. The van der Waals surface area contributed by atoms with Crippen LogP contribution >= 0.6 is 0 Å². The van der Waals surface area contributed by atoms with E-state index in [2.05, 4.69) is 470 Å². The Morgan fingerprint density at radius 3 is 0.827 bits per heavy atom. The molecule has 12 aromatic heterocycles. The van der Waals surface area contributed by atoms with E-state index in [1.807, 2.05) is 91.5 Å². The van der Waals surface area contributed by atoms with Gasteiger partial charge in [0.05, 0.1) is 129 Å². The van der Waals surface area contributed by atoms with Crippen molar-refractivity contribution >= 4 is 131 Å². The highest BCUT2D eigenvalue weighted by Gasteiger charge is 2.28. The largest absolute Gasteiger partial charge is 0.309 e. The Bertz CT molecular complexity index is 9930. The van der Waals surface area contributed by atoms with Gasteiger partial charge in [-0.2, -0.15) is 0 Å². The molecule has 0 amide bonds. The van der Waals surface area contributed by atoms with Crippen LogP contribution in [0.3, 0.4) is 0 Å². The summed E-state index contributed by atoms with van der Waals surface area (Å²) in [6, 6.07) is 179. The van der Waals surface area contributed by atoms with Gasteiger partial charge in [0.2, 0.25) is 5.95 Å². The van der Waals surface area contributed by atoms with Crippen molar-refractivity contribution < 1.29 is 0 Å². The van der Waals surface area contributed by atoms with E-state index in [1.165, 1.54) is 32.7 Å². The zero-order chi connectivity index (χ0) is 99.1. The van der Waals surface area contributed by atoms with Gasteiger partial charge < -0.3 is 22.8 Å². The highest BCUT2D eigenvalue weighted by Crippen LogP contribution is 2.48. The lowest BCUT2D eigenvalue weighted by Gasteiger charge is -2.14. The Morgan fingerprint density at radius 2 is 0.447 bits per heavy atom. The number of fused-ring (bicyclic) bond motifs is 18. The summed E-state index contributed by atoms with van der Waals surface area (Å²) in [6.45, 7) is 0. The summed E-state index contributed by atoms with van der Waals surface area (Å²) in [5.74, 6) is 1.34. The summed E-state index contributed by atoms with van der Waals surface area (Å²) in [7, 11) is 0. The summed E-state index contributed by atoms with van der Waals surface area (Å²) in [5, 5.41) is 10.5. The third-order valence-electron chi connectivity index (χ3n) is 29.0. The molecule has 0 bridgehead atoms. The van der Waals surface area contributed by atoms with Gasteiger partial charge in [0.1, 0.15) is 0 Å². The van der Waals surface area contributed by atoms with Crippen LogP contribution in [0.25, 0.3) is 267 Å². The normalized spacial score (nSPS) is 11.6. The van der Waals surface area contributed by atoms with Crippen molar-refractivity contribution in [3.05, 3.63) is 534 Å². The van der Waals surface area contributed by atoms with Crippen LogP contribution in [0.5, 0.6) is 0 Å². The average Bonchev–Trinajstić information content (AvgIpc) is 1.57. The Kier molecular flexibility index (Phi) is 21.6. The molecule has 14 heteroatoms. The minimum absolute atomic E-state index is 0.638. The van der Waals surface area contributed by atoms with Gasteiger partial charge >= 0.3 is 0 Å². The van der Waals surface area contributed by atoms with E-state index in [0.717, 1.165) is 222 Å². The topological polar surface area (TPSA) is 133 Å². The molecule has 18 aromatic carbocycles. The monoisotopic (exact) mass is 1920 g/mol. The SMILES string of the molecule is c1ccc(-c2cc(-c3ccccc3)nc(-n3c4ccccc4c4c(-c5ccc6c(c5)c5ncccc5n6-c5ccccc5)cccc43)n2)cc1.c1ccc(-c2cc(-n3c4ccccc4c4c(-c5ccc6c(c5)c5ncccc5n6-c5ccccc5)cccc43)cc(-c3ccccc3)n2)cc1.c1ccc(-c2ncc(-n3c4ccccc4c4c(-c5ccc6c(c5)c5ncccc5n6-c5ccccc5)cccc43)c(-c3ccccc3)n2)cc1. The first kappa shape index (κ1) is 87.3. The second-order valence-corrected chi connectivity index (χ2v) is 37.6. The lowest BCUT2D eigenvalue weighted by atomic mass is 9.98. The van der Waals surface area contributed by atoms with Gasteiger partial charge in [0, 0.05) is 118 Å². The number of aromatic nitrogens is 14. The van der Waals surface area contributed by atoms with Crippen LogP contribution in [0.15, 0.2) is 534 Å². The molecule has 0 spiro atoms. The average molecular weight is 1920 g/mol. The first-order chi connectivity index (χ1) is 74.5. The molecule has 702 valence electrons. The van der Waals surface area contributed by atoms with Gasteiger partial charge in [-0.1, -0.05) is 346 Å². The molecule has 0 saturated carbocycles. The van der Waals surface area contributed by atoms with E-state index in [-0.39, 0.29) is 0 Å². The summed E-state index contributed by atoms with van der Waals surface area (Å²) < 4.78 is 13.9. The van der Waals surface area contributed by atoms with Gasteiger partial charge in [-0.15, -0.1) is 0 Å². The van der Waals surface area contributed by atoms with E-state index >= 15 is 0 Å². The van der Waals surface area contributed by atoms with Crippen LogP contribution < -0.4 is 0 Å². The van der Waals surface area contributed by atoms with Gasteiger partial charge in [-0.25, -0.2) is 24.9 Å². The van der Waals surface area contributed by atoms with E-state index in [0.29, 0.717) is 11.8 Å². The molecule has 0 radical (unpaired) electrons. The van der Waals surface area contributed by atoms with Crippen molar-refractivity contribution in [1.82, 2.24) is 67.3 Å². The Hall–Kier alpha value is -20.5. The number of nitrogens with zero attached hydrogens (tertiary/aromatic N) is 14. The highest BCUT2D eigenvalue weighted by atomic mass is 15.2. The third kappa shape index (κ3) is 15.1. The van der Waals surface area contributed by atoms with Gasteiger partial charge in [-0.05, 0) is 197 Å². The van der Waals surface area contributed by atoms with Gasteiger partial charge in [-0.3, -0.25) is 19.5 Å². The van der Waals surface area contributed by atoms with Crippen LogP contribution in [0.2, 0.25) is 0 Å². The smallest absolute Gasteiger partial charge is 0.235 e. The first-order valence-electron chi connectivity index (χ1n) is 50.5. The summed E-state index contributed by atoms with van der Waals surface area (Å²) in [6.07, 6.45) is 7.63. The standard InChI is InChI=1S/C46H30N4.2C45H29N5/c1-4-14-31(15-5-1)39-29-35(30-40(48-39)32-16-6-2-7-17-32)50-41-22-11-10-20-37(41)45-36(21-12-23-43(45)50)33-25-26-42-38(28-33)46-44(24-13-27-47-46)49(42)34-18-8-3-9-19-34;1-4-14-30(15-5-1)37-29-38(31-16-6-2-7-17-31)48-45(47-37)50-39-22-11-10-20-35(39)43-34(21-12-23-41(43)50)32-25-26-40-36(28-32)44-42(24-13-27-46-44)49(40)33-18-8-3-9-19-33;1-4-14-30(15-5-1)43-41(29-47-45(48-43)31-16-6-2-7-17-31)50-37-22-11-10-20-35(37)42-34(21-12-23-39(42)50)32-25-26-38-36(28-32)44-40(24-13-27-46-44)49(38)33-18-8-3-9-19-33/h1-30H;2*1-29H. The van der Waals surface area contributed by atoms with Crippen molar-refractivity contribution in [3.8, 4) is 135 Å². The van der Waals surface area contributed by atoms with E-state index in [1.54, 1.807) is 0 Å². The number of para-hydroxylation sites is 6. The maximum atomic E-state index is 5.22. The highest BCUT2D eigenvalue weighted by molar-refractivity contribution is 6.21. The third-order valence-corrected chi connectivity index (χ3v) is 29.0. The summed E-state index contributed by atoms with van der Waals surface area (Å²) in [5.41, 5.74) is 39.4. The zero-order valence-electron chi connectivity index (χ0n) is 81.1. The van der Waals surface area contributed by atoms with Crippen molar-refractivity contribution in [2.75, 3.05) is 0 Å². The van der Waals surface area contributed by atoms with Gasteiger partial charge in [0.15, 0.2) is 5.82 Å². The van der Waals surface area contributed by atoms with Gasteiger partial charge in [0.25, 0.3) is 0 Å². The fourth-order valence-corrected chi connectivity index (χ4v) is 22.4. The molecule has 0 saturated heterocycles. The number of benzene rings is 18. The molecule has 0 fully saturated rings. The summed E-state index contributed by atoms with van der Waals surface area (Å²) in [4.78, 5) is 40.4. The van der Waals surface area contributed by atoms with Crippen LogP contribution in [0.1, 0.15) is 0 Å². The van der Waals surface area contributed by atoms with Crippen LogP contribution in [-0.2, 0) is 0 Å². The lowest BCUT2D eigenvalue weighted by molar-refractivity contribution is 0.995. The van der Waals surface area contributed by atoms with Crippen molar-refractivity contribution in [3.63, 3.8) is 0 Å². The number of hydrogen-bond acceptors (Lipinski definition) is 8. The van der Waals surface area contributed by atoms with Crippen molar-refractivity contribution in [2.24, 2.45) is 0 Å². The van der Waals surface area contributed by atoms with Crippen molar-refractivity contribution in [2.45, 2.75) is 0 Å². The number of rotatable bonds is 15. The Morgan fingerprint density at radius 1 is 0.160 bits per heavy atom. The predicted molar refractivity (Wildman–Crippen MR) is 617 cm³/mol. The molecule has 0 aliphatic heterocycles. The predicted octanol–water partition coefficient (Wildman–Crippen LogP) is 33.8. The second-order valence-electron chi connectivity index (χ2n) is 37.6. The van der Waals surface area contributed by atoms with Crippen LogP contribution in [0, 0.1) is 0 Å². The van der Waals surface area contributed by atoms with E-state index in [9.17, 15) is 0 Å².